The van der Waals surface area contributed by atoms with Gasteiger partial charge >= 0.3 is 0 Å². The molecule has 1 fully saturated rings. The molecule has 1 saturated heterocycles. The van der Waals surface area contributed by atoms with Crippen molar-refractivity contribution < 1.29 is 28.6 Å². The number of amides is 1. The number of aliphatic hydroxyl groups is 1. The quantitative estimate of drug-likeness (QED) is 0.393. The Hall–Kier alpha value is -4.00. The second kappa shape index (κ2) is 7.79. The lowest BCUT2D eigenvalue weighted by Gasteiger charge is -2.23. The lowest BCUT2D eigenvalue weighted by atomic mass is 9.98. The normalized spacial score (nSPS) is 17.9. The minimum atomic E-state index is -0.922. The number of ether oxygens (including phenoxy) is 2. The van der Waals surface area contributed by atoms with Crippen LogP contribution in [0, 0.1) is 0 Å². The number of Topliss-reactive ketones (excluding diaryl/α,β-unsaturated/α-hetero) is 1. The Bertz CT molecular complexity index is 1120. The standard InChI is InChI=1S/C23H19NO6/c1-28-15-10-11-16(18(13-15)29-2)21(25)19-20(17-9-6-12-30-17)24(23(27)22(19)26)14-7-4-3-5-8-14/h3-13,20,25H,1-2H3/b21-19-. The minimum Gasteiger partial charge on any atom is -0.507 e. The van der Waals surface area contributed by atoms with Gasteiger partial charge in [0.2, 0.25) is 0 Å². The van der Waals surface area contributed by atoms with E-state index in [1.54, 1.807) is 54.6 Å². The fourth-order valence-corrected chi connectivity index (χ4v) is 3.54. The number of rotatable bonds is 5. The van der Waals surface area contributed by atoms with Crippen molar-refractivity contribution in [2.75, 3.05) is 19.1 Å². The number of carbonyl (C=O) groups excluding carboxylic acids is 2. The van der Waals surface area contributed by atoms with Gasteiger partial charge in [0.15, 0.2) is 0 Å². The van der Waals surface area contributed by atoms with Crippen LogP contribution in [0.5, 0.6) is 11.5 Å². The van der Waals surface area contributed by atoms with Crippen LogP contribution in [0.4, 0.5) is 5.69 Å². The van der Waals surface area contributed by atoms with E-state index in [1.165, 1.54) is 25.4 Å². The topological polar surface area (TPSA) is 89.2 Å². The second-order valence-corrected chi connectivity index (χ2v) is 6.59. The first-order valence-electron chi connectivity index (χ1n) is 9.18. The fraction of sp³-hybridized carbons (Fsp3) is 0.130. The maximum atomic E-state index is 13.0. The molecule has 1 aromatic heterocycles. The van der Waals surface area contributed by atoms with Crippen molar-refractivity contribution in [2.24, 2.45) is 0 Å². The third kappa shape index (κ3) is 3.10. The van der Waals surface area contributed by atoms with Gasteiger partial charge in [0, 0.05) is 11.8 Å². The molecule has 2 heterocycles. The van der Waals surface area contributed by atoms with Crippen LogP contribution in [0.1, 0.15) is 17.4 Å². The maximum absolute atomic E-state index is 13.0. The number of hydrogen-bond donors (Lipinski definition) is 1. The van der Waals surface area contributed by atoms with E-state index >= 15 is 0 Å². The molecule has 0 saturated carbocycles. The molecule has 1 amide bonds. The summed E-state index contributed by atoms with van der Waals surface area (Å²) in [5, 5.41) is 11.1. The van der Waals surface area contributed by atoms with Gasteiger partial charge in [0.1, 0.15) is 29.1 Å². The zero-order valence-electron chi connectivity index (χ0n) is 16.4. The summed E-state index contributed by atoms with van der Waals surface area (Å²) >= 11 is 0. The van der Waals surface area contributed by atoms with Crippen LogP contribution in [0.2, 0.25) is 0 Å². The molecule has 3 aromatic rings. The summed E-state index contributed by atoms with van der Waals surface area (Å²) in [5.74, 6) is -0.737. The Morgan fingerprint density at radius 1 is 1.00 bits per heavy atom. The monoisotopic (exact) mass is 405 g/mol. The van der Waals surface area contributed by atoms with Crippen LogP contribution < -0.4 is 14.4 Å². The molecule has 0 aliphatic carbocycles. The highest BCUT2D eigenvalue weighted by atomic mass is 16.5. The van der Waals surface area contributed by atoms with E-state index < -0.39 is 17.7 Å². The highest BCUT2D eigenvalue weighted by Crippen LogP contribution is 2.43. The van der Waals surface area contributed by atoms with Crippen molar-refractivity contribution in [2.45, 2.75) is 6.04 Å². The average molecular weight is 405 g/mol. The number of ketones is 1. The largest absolute Gasteiger partial charge is 0.507 e. The summed E-state index contributed by atoms with van der Waals surface area (Å²) in [6.07, 6.45) is 1.45. The molecule has 0 bridgehead atoms. The number of aliphatic hydroxyl groups excluding tert-OH is 1. The second-order valence-electron chi connectivity index (χ2n) is 6.59. The van der Waals surface area contributed by atoms with Crippen LogP contribution in [-0.4, -0.2) is 31.0 Å². The molecular formula is C23H19NO6. The lowest BCUT2D eigenvalue weighted by Crippen LogP contribution is -2.29. The number of para-hydroxylation sites is 1. The molecule has 1 aliphatic rings. The Kier molecular flexibility index (Phi) is 5.02. The van der Waals surface area contributed by atoms with Crippen molar-refractivity contribution in [3.8, 4) is 11.5 Å². The van der Waals surface area contributed by atoms with Gasteiger partial charge in [-0.05, 0) is 36.4 Å². The number of carbonyl (C=O) groups is 2. The van der Waals surface area contributed by atoms with E-state index in [-0.39, 0.29) is 16.9 Å². The molecule has 7 nitrogen and oxygen atoms in total. The number of nitrogens with zero attached hydrogens (tertiary/aromatic N) is 1. The summed E-state index contributed by atoms with van der Waals surface area (Å²) in [5.41, 5.74) is 0.699. The van der Waals surface area contributed by atoms with Crippen molar-refractivity contribution >= 4 is 23.1 Å². The number of hydrogen-bond acceptors (Lipinski definition) is 6. The van der Waals surface area contributed by atoms with Gasteiger partial charge in [0.25, 0.3) is 11.7 Å². The molecule has 0 spiro atoms. The van der Waals surface area contributed by atoms with Crippen molar-refractivity contribution in [3.63, 3.8) is 0 Å². The van der Waals surface area contributed by atoms with Gasteiger partial charge in [-0.25, -0.2) is 0 Å². The molecule has 1 unspecified atom stereocenters. The minimum absolute atomic E-state index is 0.0812. The van der Waals surface area contributed by atoms with Crippen molar-refractivity contribution in [1.29, 1.82) is 0 Å². The van der Waals surface area contributed by atoms with Gasteiger partial charge in [-0.15, -0.1) is 0 Å². The Labute approximate surface area is 172 Å². The van der Waals surface area contributed by atoms with Gasteiger partial charge in [-0.1, -0.05) is 18.2 Å². The van der Waals surface area contributed by atoms with Crippen molar-refractivity contribution in [3.05, 3.63) is 83.8 Å². The summed E-state index contributed by atoms with van der Waals surface area (Å²) < 4.78 is 16.1. The van der Waals surface area contributed by atoms with E-state index in [4.69, 9.17) is 13.9 Å². The zero-order valence-corrected chi connectivity index (χ0v) is 16.4. The first kappa shape index (κ1) is 19.3. The molecule has 1 aliphatic heterocycles. The molecular weight excluding hydrogens is 386 g/mol. The van der Waals surface area contributed by atoms with Crippen LogP contribution in [0.15, 0.2) is 76.9 Å². The number of benzene rings is 2. The Morgan fingerprint density at radius 3 is 2.40 bits per heavy atom. The molecule has 7 heteroatoms. The van der Waals surface area contributed by atoms with Crippen LogP contribution in [0.25, 0.3) is 5.76 Å². The fourth-order valence-electron chi connectivity index (χ4n) is 3.54. The highest BCUT2D eigenvalue weighted by Gasteiger charge is 2.48. The lowest BCUT2D eigenvalue weighted by molar-refractivity contribution is -0.132. The third-order valence-electron chi connectivity index (χ3n) is 4.96. The molecule has 4 rings (SSSR count). The maximum Gasteiger partial charge on any atom is 0.300 e. The summed E-state index contributed by atoms with van der Waals surface area (Å²) in [6, 6.07) is 16.0. The van der Waals surface area contributed by atoms with E-state index in [0.717, 1.165) is 0 Å². The Balaban J connectivity index is 1.93. The van der Waals surface area contributed by atoms with Gasteiger partial charge in [-0.3, -0.25) is 14.5 Å². The zero-order chi connectivity index (χ0) is 21.3. The predicted octanol–water partition coefficient (Wildman–Crippen LogP) is 3.92. The SMILES string of the molecule is COc1ccc(/C(O)=C2/C(=O)C(=O)N(c3ccccc3)C2c2ccco2)c(OC)c1. The third-order valence-corrected chi connectivity index (χ3v) is 4.96. The Morgan fingerprint density at radius 2 is 1.77 bits per heavy atom. The molecule has 152 valence electrons. The molecule has 1 atom stereocenters. The number of methoxy groups -OCH3 is 2. The van der Waals surface area contributed by atoms with E-state index in [0.29, 0.717) is 22.9 Å². The van der Waals surface area contributed by atoms with Crippen molar-refractivity contribution in [1.82, 2.24) is 0 Å². The molecule has 2 aromatic carbocycles. The average Bonchev–Trinajstić information content (AvgIpc) is 3.40. The van der Waals surface area contributed by atoms with E-state index in [1.807, 2.05) is 6.07 Å². The van der Waals surface area contributed by atoms with Crippen LogP contribution in [0.3, 0.4) is 0 Å². The van der Waals surface area contributed by atoms with Gasteiger partial charge < -0.3 is 19.0 Å². The molecule has 1 N–H and O–H groups in total. The number of anilines is 1. The van der Waals surface area contributed by atoms with Crippen LogP contribution >= 0.6 is 0 Å². The summed E-state index contributed by atoms with van der Waals surface area (Å²) in [6.45, 7) is 0. The summed E-state index contributed by atoms with van der Waals surface area (Å²) in [4.78, 5) is 27.3. The summed E-state index contributed by atoms with van der Waals surface area (Å²) in [7, 11) is 2.95. The van der Waals surface area contributed by atoms with E-state index in [9.17, 15) is 14.7 Å². The first-order chi connectivity index (χ1) is 14.6. The van der Waals surface area contributed by atoms with Crippen LogP contribution in [-0.2, 0) is 9.59 Å². The molecule has 0 radical (unpaired) electrons. The van der Waals surface area contributed by atoms with Gasteiger partial charge in [0.05, 0.1) is 31.6 Å². The van der Waals surface area contributed by atoms with E-state index in [2.05, 4.69) is 0 Å². The van der Waals surface area contributed by atoms with Gasteiger partial charge in [-0.2, -0.15) is 0 Å². The highest BCUT2D eigenvalue weighted by molar-refractivity contribution is 6.51. The number of furan rings is 1. The smallest absolute Gasteiger partial charge is 0.300 e. The first-order valence-corrected chi connectivity index (χ1v) is 9.18. The molecule has 30 heavy (non-hydrogen) atoms. The predicted molar refractivity (Wildman–Crippen MR) is 109 cm³/mol.